The molecule has 0 fully saturated rings. The number of ether oxygens (including phenoxy) is 1. The fraction of sp³-hybridized carbons (Fsp3) is 0.625. The standard InChI is InChI=1S/C8H15N3O4/c1-3-15-8(14)6(9)7(13)11-4-5(12)10-2/h6H,3-4,9H2,1-2H3,(H,10,12)(H,11,13). The minimum atomic E-state index is -1.39. The SMILES string of the molecule is CCOC(=O)C(N)C(=O)NCC(=O)NC. The van der Waals surface area contributed by atoms with E-state index in [-0.39, 0.29) is 19.1 Å². The molecule has 0 heterocycles. The van der Waals surface area contributed by atoms with Crippen LogP contribution in [0.1, 0.15) is 6.92 Å². The third-order valence-corrected chi connectivity index (χ3v) is 1.53. The van der Waals surface area contributed by atoms with Gasteiger partial charge in [0.1, 0.15) is 0 Å². The van der Waals surface area contributed by atoms with E-state index < -0.39 is 17.9 Å². The summed E-state index contributed by atoms with van der Waals surface area (Å²) in [4.78, 5) is 32.9. The van der Waals surface area contributed by atoms with Gasteiger partial charge in [0.2, 0.25) is 11.8 Å². The van der Waals surface area contributed by atoms with Crippen molar-refractivity contribution >= 4 is 17.8 Å². The van der Waals surface area contributed by atoms with Gasteiger partial charge in [-0.15, -0.1) is 0 Å². The molecule has 0 bridgehead atoms. The molecule has 0 aliphatic rings. The predicted octanol–water partition coefficient (Wildman–Crippen LogP) is -2.26. The lowest BCUT2D eigenvalue weighted by Crippen LogP contribution is -2.49. The van der Waals surface area contributed by atoms with E-state index in [1.54, 1.807) is 6.92 Å². The maximum absolute atomic E-state index is 11.2. The minimum Gasteiger partial charge on any atom is -0.464 e. The fourth-order valence-electron chi connectivity index (χ4n) is 0.705. The number of amides is 2. The van der Waals surface area contributed by atoms with Crippen LogP contribution in [0.5, 0.6) is 0 Å². The van der Waals surface area contributed by atoms with Crippen molar-refractivity contribution in [3.8, 4) is 0 Å². The number of nitrogens with one attached hydrogen (secondary N) is 2. The molecule has 0 radical (unpaired) electrons. The lowest BCUT2D eigenvalue weighted by atomic mass is 10.3. The van der Waals surface area contributed by atoms with Gasteiger partial charge in [0.15, 0.2) is 6.04 Å². The topological polar surface area (TPSA) is 111 Å². The zero-order chi connectivity index (χ0) is 11.8. The van der Waals surface area contributed by atoms with Crippen molar-refractivity contribution in [3.05, 3.63) is 0 Å². The average Bonchev–Trinajstić information content (AvgIpc) is 2.24. The lowest BCUT2D eigenvalue weighted by molar-refractivity contribution is -0.148. The molecule has 1 unspecified atom stereocenters. The monoisotopic (exact) mass is 217 g/mol. The van der Waals surface area contributed by atoms with Crippen LogP contribution in [-0.2, 0) is 19.1 Å². The maximum atomic E-state index is 11.2. The van der Waals surface area contributed by atoms with Gasteiger partial charge in [-0.2, -0.15) is 0 Å². The van der Waals surface area contributed by atoms with E-state index in [0.29, 0.717) is 0 Å². The van der Waals surface area contributed by atoms with Crippen molar-refractivity contribution in [1.82, 2.24) is 10.6 Å². The molecule has 4 N–H and O–H groups in total. The van der Waals surface area contributed by atoms with Crippen molar-refractivity contribution in [2.75, 3.05) is 20.2 Å². The molecule has 0 aromatic rings. The van der Waals surface area contributed by atoms with Gasteiger partial charge >= 0.3 is 5.97 Å². The van der Waals surface area contributed by atoms with Crippen molar-refractivity contribution < 1.29 is 19.1 Å². The second kappa shape index (κ2) is 6.77. The number of carbonyl (C=O) groups is 3. The first kappa shape index (κ1) is 13.4. The van der Waals surface area contributed by atoms with Crippen LogP contribution in [0.4, 0.5) is 0 Å². The van der Waals surface area contributed by atoms with Gasteiger partial charge in [-0.05, 0) is 6.92 Å². The van der Waals surface area contributed by atoms with E-state index in [2.05, 4.69) is 15.4 Å². The van der Waals surface area contributed by atoms with Crippen LogP contribution in [0, 0.1) is 0 Å². The zero-order valence-electron chi connectivity index (χ0n) is 8.70. The van der Waals surface area contributed by atoms with Crippen LogP contribution in [0.25, 0.3) is 0 Å². The van der Waals surface area contributed by atoms with Crippen LogP contribution >= 0.6 is 0 Å². The number of likely N-dealkylation sites (N-methyl/N-ethyl adjacent to an activating group) is 1. The molecule has 86 valence electrons. The van der Waals surface area contributed by atoms with Gasteiger partial charge in [-0.25, -0.2) is 4.79 Å². The van der Waals surface area contributed by atoms with Crippen molar-refractivity contribution in [2.24, 2.45) is 5.73 Å². The number of hydrogen-bond donors (Lipinski definition) is 3. The van der Waals surface area contributed by atoms with E-state index in [1.807, 2.05) is 0 Å². The molecule has 0 aromatic carbocycles. The Hall–Kier alpha value is -1.63. The molecule has 7 nitrogen and oxygen atoms in total. The Bertz CT molecular complexity index is 254. The second-order valence-corrected chi connectivity index (χ2v) is 2.62. The quantitative estimate of drug-likeness (QED) is 0.355. The first-order chi connectivity index (χ1) is 7.02. The average molecular weight is 217 g/mol. The van der Waals surface area contributed by atoms with Crippen molar-refractivity contribution in [3.63, 3.8) is 0 Å². The normalized spacial score (nSPS) is 11.4. The van der Waals surface area contributed by atoms with Gasteiger partial charge < -0.3 is 21.1 Å². The Morgan fingerprint density at radius 2 is 2.00 bits per heavy atom. The molecule has 0 aromatic heterocycles. The van der Waals surface area contributed by atoms with Crippen molar-refractivity contribution in [1.29, 1.82) is 0 Å². The predicted molar refractivity (Wildman–Crippen MR) is 51.7 cm³/mol. The summed E-state index contributed by atoms with van der Waals surface area (Å²) in [6, 6.07) is -1.39. The van der Waals surface area contributed by atoms with Gasteiger partial charge in [0.25, 0.3) is 0 Å². The summed E-state index contributed by atoms with van der Waals surface area (Å²) in [5.41, 5.74) is 5.26. The highest BCUT2D eigenvalue weighted by Crippen LogP contribution is 1.85. The summed E-state index contributed by atoms with van der Waals surface area (Å²) >= 11 is 0. The molecule has 0 aliphatic carbocycles. The zero-order valence-corrected chi connectivity index (χ0v) is 8.70. The molecule has 0 aliphatic heterocycles. The Balaban J connectivity index is 3.99. The molecule has 0 saturated heterocycles. The van der Waals surface area contributed by atoms with Gasteiger partial charge in [-0.3, -0.25) is 9.59 Å². The Morgan fingerprint density at radius 1 is 1.40 bits per heavy atom. The van der Waals surface area contributed by atoms with Gasteiger partial charge in [0, 0.05) is 7.05 Å². The molecule has 7 heteroatoms. The largest absolute Gasteiger partial charge is 0.464 e. The first-order valence-electron chi connectivity index (χ1n) is 4.43. The molecule has 15 heavy (non-hydrogen) atoms. The van der Waals surface area contributed by atoms with Crippen LogP contribution in [0.2, 0.25) is 0 Å². The summed E-state index contributed by atoms with van der Waals surface area (Å²) in [5, 5.41) is 4.50. The molecule has 0 spiro atoms. The summed E-state index contributed by atoms with van der Waals surface area (Å²) in [7, 11) is 1.43. The number of rotatable bonds is 5. The number of esters is 1. The number of nitrogens with two attached hydrogens (primary N) is 1. The summed E-state index contributed by atoms with van der Waals surface area (Å²) in [6.07, 6.45) is 0. The number of hydrogen-bond acceptors (Lipinski definition) is 5. The summed E-state index contributed by atoms with van der Waals surface area (Å²) in [5.74, 6) is -1.93. The summed E-state index contributed by atoms with van der Waals surface area (Å²) in [6.45, 7) is 1.53. The molecule has 2 amide bonds. The van der Waals surface area contributed by atoms with Crippen molar-refractivity contribution in [2.45, 2.75) is 13.0 Å². The molecule has 0 rings (SSSR count). The highest BCUT2D eigenvalue weighted by molar-refractivity contribution is 6.02. The highest BCUT2D eigenvalue weighted by atomic mass is 16.5. The smallest absolute Gasteiger partial charge is 0.332 e. The van der Waals surface area contributed by atoms with E-state index in [9.17, 15) is 14.4 Å². The molecule has 1 atom stereocenters. The number of carbonyl (C=O) groups excluding carboxylic acids is 3. The molecular weight excluding hydrogens is 202 g/mol. The Morgan fingerprint density at radius 3 is 2.47 bits per heavy atom. The van der Waals surface area contributed by atoms with Crippen LogP contribution in [-0.4, -0.2) is 44.0 Å². The lowest BCUT2D eigenvalue weighted by Gasteiger charge is -2.10. The molecular formula is C8H15N3O4. The third kappa shape index (κ3) is 4.96. The van der Waals surface area contributed by atoms with Crippen LogP contribution in [0.15, 0.2) is 0 Å². The first-order valence-corrected chi connectivity index (χ1v) is 4.43. The van der Waals surface area contributed by atoms with E-state index in [1.165, 1.54) is 7.05 Å². The molecule has 0 saturated carbocycles. The maximum Gasteiger partial charge on any atom is 0.332 e. The van der Waals surface area contributed by atoms with E-state index in [4.69, 9.17) is 5.73 Å². The Labute approximate surface area is 87.3 Å². The van der Waals surface area contributed by atoms with Gasteiger partial charge in [0.05, 0.1) is 13.2 Å². The van der Waals surface area contributed by atoms with E-state index in [0.717, 1.165) is 0 Å². The van der Waals surface area contributed by atoms with Crippen LogP contribution < -0.4 is 16.4 Å². The summed E-state index contributed by atoms with van der Waals surface area (Å²) < 4.78 is 4.53. The second-order valence-electron chi connectivity index (χ2n) is 2.62. The highest BCUT2D eigenvalue weighted by Gasteiger charge is 2.23. The minimum absolute atomic E-state index is 0.148. The Kier molecular flexibility index (Phi) is 6.03. The van der Waals surface area contributed by atoms with E-state index >= 15 is 0 Å². The van der Waals surface area contributed by atoms with Crippen LogP contribution in [0.3, 0.4) is 0 Å². The van der Waals surface area contributed by atoms with Gasteiger partial charge in [-0.1, -0.05) is 0 Å². The third-order valence-electron chi connectivity index (χ3n) is 1.53. The fourth-order valence-corrected chi connectivity index (χ4v) is 0.705.